The van der Waals surface area contributed by atoms with E-state index in [0.717, 1.165) is 13.0 Å². The third kappa shape index (κ3) is 6.39. The summed E-state index contributed by atoms with van der Waals surface area (Å²) in [6.07, 6.45) is 9.14. The van der Waals surface area contributed by atoms with Crippen LogP contribution < -0.4 is 4.90 Å². The van der Waals surface area contributed by atoms with Crippen molar-refractivity contribution in [2.75, 3.05) is 31.1 Å². The molecule has 1 saturated heterocycles. The molecule has 0 N–H and O–H groups in total. The summed E-state index contributed by atoms with van der Waals surface area (Å²) in [5.74, 6) is 0. The zero-order chi connectivity index (χ0) is 18.7. The molecule has 0 amide bonds. The topological polar surface area (TPSA) is 6.48 Å². The fourth-order valence-corrected chi connectivity index (χ4v) is 4.25. The molecule has 27 heavy (non-hydrogen) atoms. The molecule has 0 saturated carbocycles. The standard InChI is InChI=1S/C25H36N2/c1-2-3-4-11-20-27(24-16-9-6-10-17-24)22-25(26-18-12-13-19-26)21-23-14-7-5-8-15-23/h5-10,14-17,25H,2-4,11-13,18-22H2,1H3. The van der Waals surface area contributed by atoms with E-state index in [1.165, 1.54) is 69.4 Å². The molecule has 146 valence electrons. The molecule has 1 heterocycles. The van der Waals surface area contributed by atoms with Crippen molar-refractivity contribution >= 4 is 5.69 Å². The van der Waals surface area contributed by atoms with Crippen molar-refractivity contribution in [3.05, 3.63) is 66.2 Å². The minimum absolute atomic E-state index is 0.598. The van der Waals surface area contributed by atoms with E-state index in [1.807, 2.05) is 0 Å². The Morgan fingerprint density at radius 3 is 2.19 bits per heavy atom. The van der Waals surface area contributed by atoms with Gasteiger partial charge in [-0.25, -0.2) is 0 Å². The first-order chi connectivity index (χ1) is 13.4. The van der Waals surface area contributed by atoms with Crippen LogP contribution >= 0.6 is 0 Å². The highest BCUT2D eigenvalue weighted by atomic mass is 15.2. The molecule has 0 aliphatic carbocycles. The SMILES string of the molecule is CCCCCCN(CC(Cc1ccccc1)N1CCCC1)c1ccccc1. The number of likely N-dealkylation sites (tertiary alicyclic amines) is 1. The zero-order valence-electron chi connectivity index (χ0n) is 17.0. The average molecular weight is 365 g/mol. The summed E-state index contributed by atoms with van der Waals surface area (Å²) < 4.78 is 0. The molecule has 1 unspecified atom stereocenters. The van der Waals surface area contributed by atoms with Gasteiger partial charge in [0.05, 0.1) is 0 Å². The summed E-state index contributed by atoms with van der Waals surface area (Å²) >= 11 is 0. The predicted molar refractivity (Wildman–Crippen MR) is 118 cm³/mol. The fraction of sp³-hybridized carbons (Fsp3) is 0.520. The number of hydrogen-bond acceptors (Lipinski definition) is 2. The number of unbranched alkanes of at least 4 members (excludes halogenated alkanes) is 3. The number of rotatable bonds is 11. The minimum atomic E-state index is 0.598. The molecule has 0 radical (unpaired) electrons. The van der Waals surface area contributed by atoms with Gasteiger partial charge in [-0.05, 0) is 56.5 Å². The largest absolute Gasteiger partial charge is 0.370 e. The van der Waals surface area contributed by atoms with Crippen LogP contribution in [0.25, 0.3) is 0 Å². The Hall–Kier alpha value is -1.80. The van der Waals surface area contributed by atoms with Gasteiger partial charge >= 0.3 is 0 Å². The molecule has 2 heteroatoms. The molecule has 0 aromatic heterocycles. The van der Waals surface area contributed by atoms with Gasteiger partial charge in [-0.2, -0.15) is 0 Å². The van der Waals surface area contributed by atoms with E-state index in [2.05, 4.69) is 77.4 Å². The van der Waals surface area contributed by atoms with Gasteiger partial charge in [-0.3, -0.25) is 4.90 Å². The number of nitrogens with zero attached hydrogens (tertiary/aromatic N) is 2. The molecular weight excluding hydrogens is 328 g/mol. The van der Waals surface area contributed by atoms with Crippen molar-refractivity contribution in [2.24, 2.45) is 0 Å². The summed E-state index contributed by atoms with van der Waals surface area (Å²) in [5, 5.41) is 0. The van der Waals surface area contributed by atoms with Crippen molar-refractivity contribution < 1.29 is 0 Å². The highest BCUT2D eigenvalue weighted by molar-refractivity contribution is 5.46. The van der Waals surface area contributed by atoms with E-state index in [-0.39, 0.29) is 0 Å². The zero-order valence-corrected chi connectivity index (χ0v) is 17.0. The van der Waals surface area contributed by atoms with Gasteiger partial charge < -0.3 is 4.90 Å². The molecule has 3 rings (SSSR count). The van der Waals surface area contributed by atoms with E-state index in [0.29, 0.717) is 6.04 Å². The highest BCUT2D eigenvalue weighted by Gasteiger charge is 2.24. The Bertz CT molecular complexity index is 619. The van der Waals surface area contributed by atoms with Crippen LogP contribution in [0, 0.1) is 0 Å². The third-order valence-corrected chi connectivity index (χ3v) is 5.81. The van der Waals surface area contributed by atoms with E-state index in [1.54, 1.807) is 0 Å². The molecule has 2 aromatic carbocycles. The molecule has 2 aromatic rings. The minimum Gasteiger partial charge on any atom is -0.370 e. The highest BCUT2D eigenvalue weighted by Crippen LogP contribution is 2.21. The lowest BCUT2D eigenvalue weighted by atomic mass is 10.0. The molecule has 1 aliphatic rings. The second kappa shape index (κ2) is 11.1. The predicted octanol–water partition coefficient (Wildman–Crippen LogP) is 5.78. The molecule has 0 spiro atoms. The van der Waals surface area contributed by atoms with Gasteiger partial charge in [0.1, 0.15) is 0 Å². The Kier molecular flexibility index (Phi) is 8.23. The van der Waals surface area contributed by atoms with Crippen molar-refractivity contribution in [2.45, 2.75) is 57.9 Å². The van der Waals surface area contributed by atoms with Crippen LogP contribution in [0.4, 0.5) is 5.69 Å². The van der Waals surface area contributed by atoms with Crippen molar-refractivity contribution in [3.8, 4) is 0 Å². The van der Waals surface area contributed by atoms with Crippen LogP contribution in [0.3, 0.4) is 0 Å². The normalized spacial score (nSPS) is 15.7. The Morgan fingerprint density at radius 1 is 0.852 bits per heavy atom. The lowest BCUT2D eigenvalue weighted by molar-refractivity contribution is 0.242. The number of anilines is 1. The van der Waals surface area contributed by atoms with E-state index < -0.39 is 0 Å². The Balaban J connectivity index is 1.71. The molecule has 1 aliphatic heterocycles. The summed E-state index contributed by atoms with van der Waals surface area (Å²) in [5.41, 5.74) is 2.85. The number of para-hydroxylation sites is 1. The second-order valence-electron chi connectivity index (χ2n) is 7.93. The fourth-order valence-electron chi connectivity index (χ4n) is 4.25. The van der Waals surface area contributed by atoms with Crippen molar-refractivity contribution in [1.29, 1.82) is 0 Å². The first-order valence-corrected chi connectivity index (χ1v) is 10.9. The number of hydrogen-bond donors (Lipinski definition) is 0. The van der Waals surface area contributed by atoms with Crippen LogP contribution in [0.15, 0.2) is 60.7 Å². The maximum atomic E-state index is 2.73. The van der Waals surface area contributed by atoms with Gasteiger partial charge in [0.2, 0.25) is 0 Å². The summed E-state index contributed by atoms with van der Waals surface area (Å²) in [6.45, 7) is 7.11. The lowest BCUT2D eigenvalue weighted by Crippen LogP contribution is -2.44. The van der Waals surface area contributed by atoms with Gasteiger partial charge in [-0.1, -0.05) is 74.7 Å². The van der Waals surface area contributed by atoms with Gasteiger partial charge in [0, 0.05) is 24.8 Å². The molecule has 1 fully saturated rings. The van der Waals surface area contributed by atoms with Gasteiger partial charge in [0.15, 0.2) is 0 Å². The average Bonchev–Trinajstić information content (AvgIpc) is 3.26. The monoisotopic (exact) mass is 364 g/mol. The maximum absolute atomic E-state index is 2.73. The van der Waals surface area contributed by atoms with Crippen LogP contribution in [-0.2, 0) is 6.42 Å². The maximum Gasteiger partial charge on any atom is 0.0366 e. The quantitative estimate of drug-likeness (QED) is 0.466. The van der Waals surface area contributed by atoms with Crippen LogP contribution in [0.1, 0.15) is 51.0 Å². The second-order valence-corrected chi connectivity index (χ2v) is 7.93. The molecule has 2 nitrogen and oxygen atoms in total. The summed E-state index contributed by atoms with van der Waals surface area (Å²) in [6, 6.07) is 22.7. The summed E-state index contributed by atoms with van der Waals surface area (Å²) in [7, 11) is 0. The first-order valence-electron chi connectivity index (χ1n) is 10.9. The smallest absolute Gasteiger partial charge is 0.0366 e. The number of benzene rings is 2. The molecule has 0 bridgehead atoms. The molecular formula is C25H36N2. The first kappa shape index (κ1) is 19.9. The van der Waals surface area contributed by atoms with E-state index in [9.17, 15) is 0 Å². The Labute approximate surface area is 166 Å². The van der Waals surface area contributed by atoms with Gasteiger partial charge in [-0.15, -0.1) is 0 Å². The lowest BCUT2D eigenvalue weighted by Gasteiger charge is -2.35. The van der Waals surface area contributed by atoms with Crippen molar-refractivity contribution in [3.63, 3.8) is 0 Å². The molecule has 1 atom stereocenters. The van der Waals surface area contributed by atoms with E-state index >= 15 is 0 Å². The summed E-state index contributed by atoms with van der Waals surface area (Å²) in [4.78, 5) is 5.37. The van der Waals surface area contributed by atoms with Crippen LogP contribution in [0.2, 0.25) is 0 Å². The third-order valence-electron chi connectivity index (χ3n) is 5.81. The van der Waals surface area contributed by atoms with E-state index in [4.69, 9.17) is 0 Å². The van der Waals surface area contributed by atoms with Gasteiger partial charge in [0.25, 0.3) is 0 Å². The van der Waals surface area contributed by atoms with Crippen LogP contribution in [0.5, 0.6) is 0 Å². The Morgan fingerprint density at radius 2 is 1.52 bits per heavy atom. The van der Waals surface area contributed by atoms with Crippen LogP contribution in [-0.4, -0.2) is 37.1 Å². The van der Waals surface area contributed by atoms with Crippen molar-refractivity contribution in [1.82, 2.24) is 4.90 Å².